The van der Waals surface area contributed by atoms with Gasteiger partial charge in [0.15, 0.2) is 0 Å². The molecule has 0 spiro atoms. The number of nitrogens with one attached hydrogen (secondary N) is 1. The fourth-order valence-corrected chi connectivity index (χ4v) is 1.72. The Morgan fingerprint density at radius 2 is 2.15 bits per heavy atom. The molecule has 0 bridgehead atoms. The summed E-state index contributed by atoms with van der Waals surface area (Å²) in [7, 11) is 2.24. The molecule has 1 saturated carbocycles. The first-order valence-corrected chi connectivity index (χ1v) is 5.67. The maximum absolute atomic E-state index is 3.56. The van der Waals surface area contributed by atoms with Crippen LogP contribution in [0.3, 0.4) is 0 Å². The largest absolute Gasteiger partial charge is 0.313 e. The van der Waals surface area contributed by atoms with E-state index in [1.165, 1.54) is 32.2 Å². The third-order valence-electron chi connectivity index (χ3n) is 2.85. The van der Waals surface area contributed by atoms with Gasteiger partial charge in [0.1, 0.15) is 0 Å². The molecule has 1 atom stereocenters. The van der Waals surface area contributed by atoms with Crippen LogP contribution < -0.4 is 5.32 Å². The van der Waals surface area contributed by atoms with Crippen LogP contribution in [-0.2, 0) is 0 Å². The van der Waals surface area contributed by atoms with Crippen LogP contribution in [-0.4, -0.2) is 37.1 Å². The Morgan fingerprint density at radius 3 is 2.69 bits per heavy atom. The highest BCUT2D eigenvalue weighted by Crippen LogP contribution is 2.24. The van der Waals surface area contributed by atoms with Gasteiger partial charge in [0.2, 0.25) is 0 Å². The molecule has 0 heterocycles. The molecule has 1 fully saturated rings. The summed E-state index contributed by atoms with van der Waals surface area (Å²) < 4.78 is 0. The molecule has 0 aliphatic heterocycles. The van der Waals surface area contributed by atoms with Gasteiger partial charge in [-0.2, -0.15) is 0 Å². The van der Waals surface area contributed by atoms with Crippen molar-refractivity contribution in [2.45, 2.75) is 51.6 Å². The van der Waals surface area contributed by atoms with E-state index in [0.29, 0.717) is 6.04 Å². The quantitative estimate of drug-likeness (QED) is 0.649. The van der Waals surface area contributed by atoms with Gasteiger partial charge >= 0.3 is 0 Å². The average Bonchev–Trinajstić information content (AvgIpc) is 2.86. The number of rotatable bonds is 7. The van der Waals surface area contributed by atoms with Crippen LogP contribution in [0.2, 0.25) is 0 Å². The fraction of sp³-hybridized carbons (Fsp3) is 1.00. The second-order valence-corrected chi connectivity index (χ2v) is 4.36. The van der Waals surface area contributed by atoms with Crippen LogP contribution in [0, 0.1) is 0 Å². The summed E-state index contributed by atoms with van der Waals surface area (Å²) in [6, 6.07) is 1.60. The minimum absolute atomic E-state index is 0.692. The van der Waals surface area contributed by atoms with E-state index in [0.717, 1.165) is 12.6 Å². The summed E-state index contributed by atoms with van der Waals surface area (Å²) in [6.45, 7) is 6.88. The molecule has 0 aromatic carbocycles. The molecule has 2 heteroatoms. The van der Waals surface area contributed by atoms with Gasteiger partial charge < -0.3 is 10.2 Å². The molecular weight excluding hydrogens is 160 g/mol. The smallest absolute Gasteiger partial charge is 0.0107 e. The normalized spacial score (nSPS) is 19.4. The summed E-state index contributed by atoms with van der Waals surface area (Å²) >= 11 is 0. The molecule has 1 aliphatic carbocycles. The van der Waals surface area contributed by atoms with Gasteiger partial charge in [-0.3, -0.25) is 0 Å². The molecular formula is C11H24N2. The van der Waals surface area contributed by atoms with Gasteiger partial charge in [0.25, 0.3) is 0 Å². The molecule has 78 valence electrons. The van der Waals surface area contributed by atoms with Gasteiger partial charge in [-0.25, -0.2) is 0 Å². The summed E-state index contributed by atoms with van der Waals surface area (Å²) in [5.74, 6) is 0. The standard InChI is InChI=1S/C11H24N2/c1-4-5-10(2)12-8-9-13(3)11-6-7-11/h10-12H,4-9H2,1-3H3. The highest BCUT2D eigenvalue weighted by molar-refractivity contribution is 4.82. The van der Waals surface area contributed by atoms with Crippen molar-refractivity contribution in [2.75, 3.05) is 20.1 Å². The number of hydrogen-bond acceptors (Lipinski definition) is 2. The Bertz CT molecular complexity index is 132. The molecule has 1 N–H and O–H groups in total. The molecule has 0 aromatic heterocycles. The Hall–Kier alpha value is -0.0800. The van der Waals surface area contributed by atoms with Crippen LogP contribution in [0.5, 0.6) is 0 Å². The van der Waals surface area contributed by atoms with E-state index in [2.05, 4.69) is 31.1 Å². The molecule has 1 unspecified atom stereocenters. The van der Waals surface area contributed by atoms with Crippen LogP contribution in [0.25, 0.3) is 0 Å². The Labute approximate surface area is 82.7 Å². The van der Waals surface area contributed by atoms with Crippen molar-refractivity contribution in [3.63, 3.8) is 0 Å². The number of likely N-dealkylation sites (N-methyl/N-ethyl adjacent to an activating group) is 1. The molecule has 1 rings (SSSR count). The zero-order valence-corrected chi connectivity index (χ0v) is 9.34. The Kier molecular flexibility index (Phi) is 4.74. The lowest BCUT2D eigenvalue weighted by atomic mass is 10.2. The van der Waals surface area contributed by atoms with E-state index in [-0.39, 0.29) is 0 Å². The molecule has 1 aliphatic rings. The van der Waals surface area contributed by atoms with Crippen LogP contribution in [0.4, 0.5) is 0 Å². The molecule has 0 aromatic rings. The zero-order chi connectivity index (χ0) is 9.68. The zero-order valence-electron chi connectivity index (χ0n) is 9.34. The topological polar surface area (TPSA) is 15.3 Å². The minimum atomic E-state index is 0.692. The predicted octanol–water partition coefficient (Wildman–Crippen LogP) is 1.86. The Morgan fingerprint density at radius 1 is 1.46 bits per heavy atom. The lowest BCUT2D eigenvalue weighted by molar-refractivity contribution is 0.314. The van der Waals surface area contributed by atoms with Gasteiger partial charge in [-0.1, -0.05) is 13.3 Å². The summed E-state index contributed by atoms with van der Waals surface area (Å²) in [4.78, 5) is 2.48. The SMILES string of the molecule is CCCC(C)NCCN(C)C1CC1. The van der Waals surface area contributed by atoms with Crippen molar-refractivity contribution in [3.05, 3.63) is 0 Å². The lowest BCUT2D eigenvalue weighted by Gasteiger charge is -2.18. The third-order valence-corrected chi connectivity index (χ3v) is 2.85. The number of nitrogens with zero attached hydrogens (tertiary/aromatic N) is 1. The maximum atomic E-state index is 3.56. The van der Waals surface area contributed by atoms with E-state index in [1.54, 1.807) is 0 Å². The van der Waals surface area contributed by atoms with Crippen molar-refractivity contribution >= 4 is 0 Å². The highest BCUT2D eigenvalue weighted by atomic mass is 15.2. The monoisotopic (exact) mass is 184 g/mol. The van der Waals surface area contributed by atoms with Gasteiger partial charge in [-0.05, 0) is 33.2 Å². The van der Waals surface area contributed by atoms with E-state index >= 15 is 0 Å². The summed E-state index contributed by atoms with van der Waals surface area (Å²) in [5, 5.41) is 3.56. The third kappa shape index (κ3) is 4.63. The summed E-state index contributed by atoms with van der Waals surface area (Å²) in [6.07, 6.45) is 5.42. The first-order chi connectivity index (χ1) is 6.24. The molecule has 0 saturated heterocycles. The fourth-order valence-electron chi connectivity index (χ4n) is 1.72. The van der Waals surface area contributed by atoms with E-state index in [9.17, 15) is 0 Å². The molecule has 0 amide bonds. The molecule has 2 nitrogen and oxygen atoms in total. The number of hydrogen-bond donors (Lipinski definition) is 1. The van der Waals surface area contributed by atoms with E-state index < -0.39 is 0 Å². The van der Waals surface area contributed by atoms with Crippen molar-refractivity contribution in [2.24, 2.45) is 0 Å². The van der Waals surface area contributed by atoms with E-state index in [4.69, 9.17) is 0 Å². The first-order valence-electron chi connectivity index (χ1n) is 5.67. The maximum Gasteiger partial charge on any atom is 0.0107 e. The van der Waals surface area contributed by atoms with Gasteiger partial charge in [0.05, 0.1) is 0 Å². The van der Waals surface area contributed by atoms with Crippen molar-refractivity contribution in [3.8, 4) is 0 Å². The van der Waals surface area contributed by atoms with E-state index in [1.807, 2.05) is 0 Å². The summed E-state index contributed by atoms with van der Waals surface area (Å²) in [5.41, 5.74) is 0. The van der Waals surface area contributed by atoms with Crippen molar-refractivity contribution in [1.29, 1.82) is 0 Å². The van der Waals surface area contributed by atoms with Gasteiger partial charge in [-0.15, -0.1) is 0 Å². The second kappa shape index (κ2) is 5.61. The van der Waals surface area contributed by atoms with Crippen LogP contribution in [0.15, 0.2) is 0 Å². The van der Waals surface area contributed by atoms with Crippen LogP contribution >= 0.6 is 0 Å². The van der Waals surface area contributed by atoms with Crippen molar-refractivity contribution < 1.29 is 0 Å². The predicted molar refractivity (Wildman–Crippen MR) is 58.0 cm³/mol. The lowest BCUT2D eigenvalue weighted by Crippen LogP contribution is -2.35. The first kappa shape index (κ1) is 11.0. The Balaban J connectivity index is 1.92. The van der Waals surface area contributed by atoms with Crippen LogP contribution in [0.1, 0.15) is 39.5 Å². The average molecular weight is 184 g/mol. The van der Waals surface area contributed by atoms with Crippen molar-refractivity contribution in [1.82, 2.24) is 10.2 Å². The highest BCUT2D eigenvalue weighted by Gasteiger charge is 2.25. The molecule has 0 radical (unpaired) electrons. The minimum Gasteiger partial charge on any atom is -0.313 e. The van der Waals surface area contributed by atoms with Gasteiger partial charge in [0, 0.05) is 25.2 Å². The molecule has 13 heavy (non-hydrogen) atoms. The second-order valence-electron chi connectivity index (χ2n) is 4.36.